The lowest BCUT2D eigenvalue weighted by atomic mass is 9.90. The number of fused-ring (bicyclic) bond motifs is 1. The van der Waals surface area contributed by atoms with Gasteiger partial charge in [0.25, 0.3) is 5.56 Å². The molecule has 3 heteroatoms. The standard InChI is InChI=1S/C12H18N2O/c1-2-3-8-11-9-6-4-5-7-10(9)12(15)14-13-11/h2-8H2,1H3,(H,14,15). The Labute approximate surface area is 89.9 Å². The van der Waals surface area contributed by atoms with E-state index < -0.39 is 0 Å². The molecule has 0 saturated heterocycles. The molecule has 1 heterocycles. The smallest absolute Gasteiger partial charge is 0.267 e. The molecule has 82 valence electrons. The third-order valence-electron chi connectivity index (χ3n) is 3.15. The van der Waals surface area contributed by atoms with Crippen molar-refractivity contribution in [2.24, 2.45) is 0 Å². The Bertz CT molecular complexity index is 395. The van der Waals surface area contributed by atoms with Crippen molar-refractivity contribution in [2.45, 2.75) is 51.9 Å². The first-order valence-electron chi connectivity index (χ1n) is 5.92. The molecule has 1 aliphatic carbocycles. The molecule has 0 atom stereocenters. The van der Waals surface area contributed by atoms with Crippen LogP contribution in [0.3, 0.4) is 0 Å². The molecule has 0 saturated carbocycles. The Morgan fingerprint density at radius 2 is 2.00 bits per heavy atom. The van der Waals surface area contributed by atoms with Crippen LogP contribution in [0.4, 0.5) is 0 Å². The summed E-state index contributed by atoms with van der Waals surface area (Å²) in [6.07, 6.45) is 7.68. The molecule has 3 nitrogen and oxygen atoms in total. The van der Waals surface area contributed by atoms with Crippen molar-refractivity contribution >= 4 is 0 Å². The zero-order valence-electron chi connectivity index (χ0n) is 9.31. The van der Waals surface area contributed by atoms with Gasteiger partial charge >= 0.3 is 0 Å². The van der Waals surface area contributed by atoms with Crippen LogP contribution >= 0.6 is 0 Å². The van der Waals surface area contributed by atoms with E-state index in [0.717, 1.165) is 43.4 Å². The zero-order valence-corrected chi connectivity index (χ0v) is 9.31. The summed E-state index contributed by atoms with van der Waals surface area (Å²) in [6, 6.07) is 0. The average molecular weight is 206 g/mol. The number of nitrogens with one attached hydrogen (secondary N) is 1. The summed E-state index contributed by atoms with van der Waals surface area (Å²) in [7, 11) is 0. The second-order valence-electron chi connectivity index (χ2n) is 4.27. The molecule has 0 aromatic carbocycles. The summed E-state index contributed by atoms with van der Waals surface area (Å²) in [4.78, 5) is 11.6. The average Bonchev–Trinajstić information content (AvgIpc) is 2.29. The molecule has 0 amide bonds. The number of H-pyrrole nitrogens is 1. The van der Waals surface area contributed by atoms with Crippen LogP contribution in [-0.4, -0.2) is 10.2 Å². The topological polar surface area (TPSA) is 45.8 Å². The van der Waals surface area contributed by atoms with Crippen molar-refractivity contribution in [1.29, 1.82) is 0 Å². The second-order valence-corrected chi connectivity index (χ2v) is 4.27. The molecule has 15 heavy (non-hydrogen) atoms. The Hall–Kier alpha value is -1.12. The Kier molecular flexibility index (Phi) is 3.19. The highest BCUT2D eigenvalue weighted by atomic mass is 16.1. The highest BCUT2D eigenvalue weighted by Gasteiger charge is 2.16. The molecule has 0 aliphatic heterocycles. The minimum Gasteiger partial charge on any atom is -0.268 e. The number of hydrogen-bond donors (Lipinski definition) is 1. The number of aryl methyl sites for hydroxylation is 1. The molecule has 1 aliphatic rings. The van der Waals surface area contributed by atoms with Crippen LogP contribution in [0.5, 0.6) is 0 Å². The molecule has 0 bridgehead atoms. The van der Waals surface area contributed by atoms with Gasteiger partial charge in [0.05, 0.1) is 5.69 Å². The Morgan fingerprint density at radius 1 is 1.27 bits per heavy atom. The van der Waals surface area contributed by atoms with E-state index in [0.29, 0.717) is 0 Å². The summed E-state index contributed by atoms with van der Waals surface area (Å²) in [5.41, 5.74) is 3.41. The third kappa shape index (κ3) is 2.11. The van der Waals surface area contributed by atoms with Crippen molar-refractivity contribution < 1.29 is 0 Å². The van der Waals surface area contributed by atoms with Gasteiger partial charge in [0.2, 0.25) is 0 Å². The molecule has 1 aromatic rings. The first-order chi connectivity index (χ1) is 7.33. The lowest BCUT2D eigenvalue weighted by Crippen LogP contribution is -2.22. The van der Waals surface area contributed by atoms with Crippen molar-refractivity contribution in [3.05, 3.63) is 27.2 Å². The van der Waals surface area contributed by atoms with Gasteiger partial charge in [-0.1, -0.05) is 13.3 Å². The SMILES string of the molecule is CCCCc1n[nH]c(=O)c2c1CCCC2. The van der Waals surface area contributed by atoms with Crippen molar-refractivity contribution in [3.63, 3.8) is 0 Å². The monoisotopic (exact) mass is 206 g/mol. The van der Waals surface area contributed by atoms with E-state index >= 15 is 0 Å². The number of aromatic amines is 1. The van der Waals surface area contributed by atoms with E-state index in [4.69, 9.17) is 0 Å². The van der Waals surface area contributed by atoms with E-state index in [9.17, 15) is 4.79 Å². The van der Waals surface area contributed by atoms with Crippen LogP contribution in [-0.2, 0) is 19.3 Å². The minimum atomic E-state index is 0.0324. The quantitative estimate of drug-likeness (QED) is 0.822. The van der Waals surface area contributed by atoms with Crippen LogP contribution in [0.2, 0.25) is 0 Å². The largest absolute Gasteiger partial charge is 0.268 e. The summed E-state index contributed by atoms with van der Waals surface area (Å²) < 4.78 is 0. The summed E-state index contributed by atoms with van der Waals surface area (Å²) in [5, 5.41) is 6.82. The Balaban J connectivity index is 2.35. The van der Waals surface area contributed by atoms with Gasteiger partial charge < -0.3 is 0 Å². The molecule has 2 rings (SSSR count). The zero-order chi connectivity index (χ0) is 10.7. The van der Waals surface area contributed by atoms with Crippen LogP contribution < -0.4 is 5.56 Å². The molecule has 0 unspecified atom stereocenters. The fraction of sp³-hybridized carbons (Fsp3) is 0.667. The maximum absolute atomic E-state index is 11.6. The van der Waals surface area contributed by atoms with Crippen LogP contribution in [0, 0.1) is 0 Å². The molecular weight excluding hydrogens is 188 g/mol. The van der Waals surface area contributed by atoms with Crippen LogP contribution in [0.15, 0.2) is 4.79 Å². The minimum absolute atomic E-state index is 0.0324. The van der Waals surface area contributed by atoms with Gasteiger partial charge in [-0.25, -0.2) is 5.10 Å². The summed E-state index contributed by atoms with van der Waals surface area (Å²) in [5.74, 6) is 0. The van der Waals surface area contributed by atoms with Crippen molar-refractivity contribution in [3.8, 4) is 0 Å². The van der Waals surface area contributed by atoms with E-state index in [1.807, 2.05) is 0 Å². The molecule has 0 radical (unpaired) electrons. The summed E-state index contributed by atoms with van der Waals surface area (Å²) in [6.45, 7) is 2.18. The normalized spacial score (nSPS) is 15.0. The second kappa shape index (κ2) is 4.60. The predicted octanol–water partition coefficient (Wildman–Crippen LogP) is 1.99. The third-order valence-corrected chi connectivity index (χ3v) is 3.15. The lowest BCUT2D eigenvalue weighted by Gasteiger charge is -2.16. The molecule has 1 N–H and O–H groups in total. The fourth-order valence-corrected chi connectivity index (χ4v) is 2.28. The number of nitrogens with zero attached hydrogens (tertiary/aromatic N) is 1. The molecule has 0 fully saturated rings. The van der Waals surface area contributed by atoms with Gasteiger partial charge in [0.15, 0.2) is 0 Å². The number of unbranched alkanes of at least 4 members (excludes halogenated alkanes) is 1. The lowest BCUT2D eigenvalue weighted by molar-refractivity contribution is 0.642. The highest BCUT2D eigenvalue weighted by Crippen LogP contribution is 2.20. The summed E-state index contributed by atoms with van der Waals surface area (Å²) >= 11 is 0. The number of aromatic nitrogens is 2. The van der Waals surface area contributed by atoms with E-state index in [-0.39, 0.29) is 5.56 Å². The van der Waals surface area contributed by atoms with Gasteiger partial charge in [-0.05, 0) is 44.1 Å². The van der Waals surface area contributed by atoms with Gasteiger partial charge in [-0.2, -0.15) is 5.10 Å². The fourth-order valence-electron chi connectivity index (χ4n) is 2.28. The molecular formula is C12H18N2O. The van der Waals surface area contributed by atoms with Crippen LogP contribution in [0.1, 0.15) is 49.4 Å². The molecule has 0 spiro atoms. The Morgan fingerprint density at radius 3 is 2.73 bits per heavy atom. The van der Waals surface area contributed by atoms with Crippen LogP contribution in [0.25, 0.3) is 0 Å². The number of rotatable bonds is 3. The van der Waals surface area contributed by atoms with Gasteiger partial charge in [-0.15, -0.1) is 0 Å². The first-order valence-corrected chi connectivity index (χ1v) is 5.92. The number of hydrogen-bond acceptors (Lipinski definition) is 2. The van der Waals surface area contributed by atoms with Gasteiger partial charge in [-0.3, -0.25) is 4.79 Å². The van der Waals surface area contributed by atoms with Gasteiger partial charge in [0.1, 0.15) is 0 Å². The highest BCUT2D eigenvalue weighted by molar-refractivity contribution is 5.30. The maximum Gasteiger partial charge on any atom is 0.267 e. The van der Waals surface area contributed by atoms with Crippen molar-refractivity contribution in [2.75, 3.05) is 0 Å². The van der Waals surface area contributed by atoms with E-state index in [2.05, 4.69) is 17.1 Å². The molecule has 1 aromatic heterocycles. The first kappa shape index (κ1) is 10.4. The van der Waals surface area contributed by atoms with E-state index in [1.54, 1.807) is 0 Å². The predicted molar refractivity (Wildman–Crippen MR) is 60.1 cm³/mol. The maximum atomic E-state index is 11.6. The van der Waals surface area contributed by atoms with E-state index in [1.165, 1.54) is 18.4 Å². The van der Waals surface area contributed by atoms with Gasteiger partial charge in [0, 0.05) is 5.56 Å². The van der Waals surface area contributed by atoms with Crippen molar-refractivity contribution in [1.82, 2.24) is 10.2 Å².